The summed E-state index contributed by atoms with van der Waals surface area (Å²) in [5, 5.41) is 18.5. The minimum absolute atomic E-state index is 0.0785. The summed E-state index contributed by atoms with van der Waals surface area (Å²) in [7, 11) is -0.936. The van der Waals surface area contributed by atoms with Crippen molar-refractivity contribution in [3.8, 4) is 0 Å². The molecule has 0 bridgehead atoms. The second-order valence-corrected chi connectivity index (χ2v) is 7.00. The average Bonchev–Trinajstić information content (AvgIpc) is 2.35. The monoisotopic (exact) mass is 294 g/mol. The molecule has 19 heavy (non-hydrogen) atoms. The zero-order valence-electron chi connectivity index (χ0n) is 11.3. The third kappa shape index (κ3) is 4.13. The van der Waals surface area contributed by atoms with E-state index in [-0.39, 0.29) is 13.0 Å². The van der Waals surface area contributed by atoms with Crippen LogP contribution in [0.5, 0.6) is 0 Å². The topological polar surface area (TPSA) is 98.2 Å². The first-order valence-corrected chi connectivity index (χ1v) is 7.75. The number of carboxylic acids is 1. The van der Waals surface area contributed by atoms with Gasteiger partial charge >= 0.3 is 5.97 Å². The molecule has 0 heterocycles. The van der Waals surface area contributed by atoms with E-state index < -0.39 is 28.3 Å². The Balaban J connectivity index is 2.71. The van der Waals surface area contributed by atoms with Crippen LogP contribution in [0.2, 0.25) is 0 Å². The van der Waals surface area contributed by atoms with Gasteiger partial charge in [0.2, 0.25) is 0 Å². The number of aliphatic hydroxyl groups is 1. The lowest BCUT2D eigenvalue weighted by atomic mass is 9.93. The molecule has 1 fully saturated rings. The minimum atomic E-state index is -3.72. The summed E-state index contributed by atoms with van der Waals surface area (Å²) in [5.41, 5.74) is 0. The number of hydrogen-bond donors (Lipinski definition) is 2. The van der Waals surface area contributed by atoms with Crippen LogP contribution < -0.4 is 0 Å². The van der Waals surface area contributed by atoms with Crippen molar-refractivity contribution in [2.75, 3.05) is 20.6 Å². The van der Waals surface area contributed by atoms with Gasteiger partial charge in [-0.2, -0.15) is 17.0 Å². The SMILES string of the molecule is CN(CCC(=O)O)S(=O)(=O)N(C)C1CCCCC1O. The van der Waals surface area contributed by atoms with Crippen molar-refractivity contribution in [2.45, 2.75) is 44.2 Å². The second kappa shape index (κ2) is 6.65. The molecule has 0 aromatic carbocycles. The first kappa shape index (κ1) is 16.4. The highest BCUT2D eigenvalue weighted by molar-refractivity contribution is 7.86. The van der Waals surface area contributed by atoms with Gasteiger partial charge in [-0.15, -0.1) is 0 Å². The maximum absolute atomic E-state index is 12.2. The van der Waals surface area contributed by atoms with Gasteiger partial charge in [-0.3, -0.25) is 4.79 Å². The normalized spacial score (nSPS) is 24.9. The number of carbonyl (C=O) groups is 1. The highest BCUT2D eigenvalue weighted by atomic mass is 32.2. The molecule has 7 nitrogen and oxygen atoms in total. The molecule has 1 aliphatic rings. The number of aliphatic carboxylic acids is 1. The van der Waals surface area contributed by atoms with E-state index in [1.165, 1.54) is 18.4 Å². The maximum atomic E-state index is 12.2. The number of nitrogens with zero attached hydrogens (tertiary/aromatic N) is 2. The van der Waals surface area contributed by atoms with E-state index in [0.717, 1.165) is 17.1 Å². The molecule has 2 atom stereocenters. The van der Waals surface area contributed by atoms with E-state index in [1.54, 1.807) is 0 Å². The lowest BCUT2D eigenvalue weighted by molar-refractivity contribution is -0.137. The third-order valence-electron chi connectivity index (χ3n) is 3.56. The summed E-state index contributed by atoms with van der Waals surface area (Å²) >= 11 is 0. The maximum Gasteiger partial charge on any atom is 0.304 e. The molecule has 0 radical (unpaired) electrons. The Kier molecular flexibility index (Phi) is 5.72. The highest BCUT2D eigenvalue weighted by Gasteiger charge is 2.35. The molecule has 112 valence electrons. The predicted molar refractivity (Wildman–Crippen MR) is 69.8 cm³/mol. The van der Waals surface area contributed by atoms with Gasteiger partial charge in [-0.25, -0.2) is 0 Å². The number of aliphatic hydroxyl groups excluding tert-OH is 1. The standard InChI is InChI=1S/C11H22N2O5S/c1-12(8-7-11(15)16)19(17,18)13(2)9-5-3-4-6-10(9)14/h9-10,14H,3-8H2,1-2H3,(H,15,16). The van der Waals surface area contributed by atoms with E-state index >= 15 is 0 Å². The fourth-order valence-electron chi connectivity index (χ4n) is 2.28. The summed E-state index contributed by atoms with van der Waals surface area (Å²) in [6.45, 7) is -0.0785. The van der Waals surface area contributed by atoms with Crippen LogP contribution in [0.4, 0.5) is 0 Å². The zero-order valence-corrected chi connectivity index (χ0v) is 12.1. The molecule has 0 aliphatic heterocycles. The summed E-state index contributed by atoms with van der Waals surface area (Å²) in [5.74, 6) is -1.04. The van der Waals surface area contributed by atoms with Crippen molar-refractivity contribution >= 4 is 16.2 Å². The fraction of sp³-hybridized carbons (Fsp3) is 0.909. The molecular weight excluding hydrogens is 272 g/mol. The molecule has 0 spiro atoms. The van der Waals surface area contributed by atoms with Gasteiger partial charge in [0.25, 0.3) is 10.2 Å². The number of likely N-dealkylation sites (N-methyl/N-ethyl adjacent to an activating group) is 1. The van der Waals surface area contributed by atoms with E-state index in [1.807, 2.05) is 0 Å². The largest absolute Gasteiger partial charge is 0.481 e. The van der Waals surface area contributed by atoms with E-state index in [9.17, 15) is 18.3 Å². The Labute approximate surface area is 114 Å². The molecule has 8 heteroatoms. The van der Waals surface area contributed by atoms with Crippen LogP contribution in [0.3, 0.4) is 0 Å². The van der Waals surface area contributed by atoms with Crippen LogP contribution in [0.1, 0.15) is 32.1 Å². The van der Waals surface area contributed by atoms with E-state index in [4.69, 9.17) is 5.11 Å². The van der Waals surface area contributed by atoms with Gasteiger partial charge in [-0.1, -0.05) is 12.8 Å². The molecule has 1 saturated carbocycles. The minimum Gasteiger partial charge on any atom is -0.481 e. The molecule has 0 amide bonds. The zero-order chi connectivity index (χ0) is 14.6. The Morgan fingerprint density at radius 1 is 1.26 bits per heavy atom. The van der Waals surface area contributed by atoms with Crippen molar-refractivity contribution in [3.63, 3.8) is 0 Å². The fourth-order valence-corrected chi connectivity index (χ4v) is 3.63. The first-order chi connectivity index (χ1) is 8.76. The summed E-state index contributed by atoms with van der Waals surface area (Å²) in [6.07, 6.45) is 2.13. The molecule has 2 unspecified atom stereocenters. The van der Waals surface area contributed by atoms with Gasteiger partial charge in [0, 0.05) is 20.6 Å². The third-order valence-corrected chi connectivity index (χ3v) is 5.53. The Hall–Kier alpha value is -0.700. The predicted octanol–water partition coefficient (Wildman–Crippen LogP) is -0.127. The van der Waals surface area contributed by atoms with E-state index in [0.29, 0.717) is 12.8 Å². The van der Waals surface area contributed by atoms with Gasteiger partial charge in [0.15, 0.2) is 0 Å². The van der Waals surface area contributed by atoms with Crippen molar-refractivity contribution in [1.29, 1.82) is 0 Å². The average molecular weight is 294 g/mol. The van der Waals surface area contributed by atoms with Crippen molar-refractivity contribution in [2.24, 2.45) is 0 Å². The second-order valence-electron chi connectivity index (χ2n) is 4.91. The van der Waals surface area contributed by atoms with Crippen LogP contribution in [0.15, 0.2) is 0 Å². The van der Waals surface area contributed by atoms with Gasteiger partial charge in [-0.05, 0) is 12.8 Å². The number of rotatable bonds is 6. The van der Waals surface area contributed by atoms with Crippen LogP contribution in [-0.4, -0.2) is 66.0 Å². The molecular formula is C11H22N2O5S. The van der Waals surface area contributed by atoms with Crippen molar-refractivity contribution in [3.05, 3.63) is 0 Å². The van der Waals surface area contributed by atoms with Crippen LogP contribution in [0.25, 0.3) is 0 Å². The first-order valence-electron chi connectivity index (χ1n) is 6.36. The Morgan fingerprint density at radius 2 is 1.84 bits per heavy atom. The lowest BCUT2D eigenvalue weighted by Crippen LogP contribution is -2.50. The smallest absolute Gasteiger partial charge is 0.304 e. The molecule has 0 aromatic rings. The molecule has 1 aliphatic carbocycles. The van der Waals surface area contributed by atoms with Gasteiger partial charge in [0.1, 0.15) is 0 Å². The Morgan fingerprint density at radius 3 is 2.37 bits per heavy atom. The van der Waals surface area contributed by atoms with Crippen LogP contribution >= 0.6 is 0 Å². The van der Waals surface area contributed by atoms with Gasteiger partial charge < -0.3 is 10.2 Å². The molecule has 2 N–H and O–H groups in total. The molecule has 1 rings (SSSR count). The van der Waals surface area contributed by atoms with Crippen molar-refractivity contribution < 1.29 is 23.4 Å². The summed E-state index contributed by atoms with van der Waals surface area (Å²) < 4.78 is 26.7. The quantitative estimate of drug-likeness (QED) is 0.711. The lowest BCUT2D eigenvalue weighted by Gasteiger charge is -2.36. The Bertz CT molecular complexity index is 411. The summed E-state index contributed by atoms with van der Waals surface area (Å²) in [6, 6.07) is -0.425. The van der Waals surface area contributed by atoms with Crippen LogP contribution in [0, 0.1) is 0 Å². The van der Waals surface area contributed by atoms with E-state index in [2.05, 4.69) is 0 Å². The van der Waals surface area contributed by atoms with Gasteiger partial charge in [0.05, 0.1) is 18.6 Å². The summed E-state index contributed by atoms with van der Waals surface area (Å²) in [4.78, 5) is 10.5. The molecule has 0 saturated heterocycles. The van der Waals surface area contributed by atoms with Crippen molar-refractivity contribution in [1.82, 2.24) is 8.61 Å². The number of carboxylic acid groups (broad SMARTS) is 1. The highest BCUT2D eigenvalue weighted by Crippen LogP contribution is 2.24. The number of hydrogen-bond acceptors (Lipinski definition) is 4. The molecule has 0 aromatic heterocycles. The van der Waals surface area contributed by atoms with Crippen LogP contribution in [-0.2, 0) is 15.0 Å².